The number of pyridine rings is 3. The molecule has 6 rings (SSSR count). The molecule has 3 aromatic heterocycles. The average molecular weight is 663 g/mol. The number of aromatic nitrogens is 3. The van der Waals surface area contributed by atoms with E-state index in [-0.39, 0.29) is 34.1 Å². The van der Waals surface area contributed by atoms with Crippen LogP contribution < -0.4 is 22.1 Å². The number of nitrogens with zero attached hydrogens (tertiary/aromatic N) is 5. The summed E-state index contributed by atoms with van der Waals surface area (Å²) in [6.45, 7) is 0. The molecule has 3 aromatic rings. The zero-order chi connectivity index (χ0) is 30.1. The summed E-state index contributed by atoms with van der Waals surface area (Å²) in [6.07, 6.45) is 10.8. The van der Waals surface area contributed by atoms with Gasteiger partial charge >= 0.3 is 11.4 Å². The molecule has 0 spiro atoms. The fraction of sp³-hybridized carbons (Fsp3) is 0.400. The highest BCUT2D eigenvalue weighted by atomic mass is 35.5. The van der Waals surface area contributed by atoms with Gasteiger partial charge in [0.1, 0.15) is 38.6 Å². The van der Waals surface area contributed by atoms with Crippen LogP contribution in [0.3, 0.4) is 0 Å². The molecule has 3 saturated carbocycles. The minimum absolute atomic E-state index is 0. The van der Waals surface area contributed by atoms with Crippen molar-refractivity contribution in [2.45, 2.75) is 64.1 Å². The van der Waals surface area contributed by atoms with Gasteiger partial charge < -0.3 is 22.1 Å². The molecule has 0 unspecified atom stereocenters. The number of hydrogen-bond acceptors (Lipinski definition) is 11. The van der Waals surface area contributed by atoms with Crippen molar-refractivity contribution in [1.82, 2.24) is 15.0 Å². The molecule has 13 nitrogen and oxygen atoms in total. The van der Waals surface area contributed by atoms with E-state index in [4.69, 9.17) is 57.9 Å². The summed E-state index contributed by atoms with van der Waals surface area (Å²) in [5.41, 5.74) is 12.7. The molecule has 0 aliphatic heterocycles. The lowest BCUT2D eigenvalue weighted by molar-refractivity contribution is -0.385. The van der Waals surface area contributed by atoms with Crippen LogP contribution >= 0.6 is 46.4 Å². The second kappa shape index (κ2) is 16.4. The molecule has 0 aromatic carbocycles. The summed E-state index contributed by atoms with van der Waals surface area (Å²) in [5.74, 6) is 0. The van der Waals surface area contributed by atoms with Gasteiger partial charge in [-0.2, -0.15) is 0 Å². The number of rotatable bonds is 6. The van der Waals surface area contributed by atoms with Crippen molar-refractivity contribution in [3.05, 3.63) is 77.5 Å². The van der Waals surface area contributed by atoms with Crippen LogP contribution in [0.4, 0.5) is 28.4 Å². The average Bonchev–Trinajstić information content (AvgIpc) is 3.74. The first-order valence-electron chi connectivity index (χ1n) is 12.4. The highest BCUT2D eigenvalue weighted by Gasteiger charge is 2.25. The molecule has 0 atom stereocenters. The van der Waals surface area contributed by atoms with E-state index >= 15 is 0 Å². The third kappa shape index (κ3) is 12.7. The number of nitrogens with two attached hydrogens (primary N) is 2. The van der Waals surface area contributed by atoms with E-state index in [9.17, 15) is 20.2 Å². The van der Waals surface area contributed by atoms with Crippen molar-refractivity contribution in [2.75, 3.05) is 16.4 Å². The Morgan fingerprint density at radius 2 is 1.12 bits per heavy atom. The lowest BCUT2D eigenvalue weighted by Crippen LogP contribution is -2.04. The maximum Gasteiger partial charge on any atom is 0.310 e. The van der Waals surface area contributed by atoms with Gasteiger partial charge in [-0.15, -0.1) is 0 Å². The quantitative estimate of drug-likeness (QED) is 0.119. The second-order valence-corrected chi connectivity index (χ2v) is 10.8. The minimum Gasteiger partial charge on any atom is -0.396 e. The largest absolute Gasteiger partial charge is 0.396 e. The van der Waals surface area contributed by atoms with Gasteiger partial charge in [-0.3, -0.25) is 20.2 Å². The molecule has 17 heteroatoms. The van der Waals surface area contributed by atoms with Gasteiger partial charge in [0.25, 0.3) is 0 Å². The summed E-state index contributed by atoms with van der Waals surface area (Å²) in [5, 5.41) is 28.0. The topological polar surface area (TPSA) is 201 Å². The minimum atomic E-state index is -0.619. The molecule has 0 radical (unpaired) electrons. The third-order valence-electron chi connectivity index (χ3n) is 5.44. The molecule has 3 heterocycles. The van der Waals surface area contributed by atoms with Gasteiger partial charge in [-0.05, 0) is 38.5 Å². The Balaban J connectivity index is 0.000000205. The van der Waals surface area contributed by atoms with Crippen molar-refractivity contribution < 1.29 is 9.85 Å². The number of nitrogen functional groups attached to an aromatic ring is 1. The van der Waals surface area contributed by atoms with Crippen molar-refractivity contribution in [1.29, 1.82) is 0 Å². The maximum atomic E-state index is 10.6. The molecule has 0 bridgehead atoms. The van der Waals surface area contributed by atoms with Crippen molar-refractivity contribution in [3.63, 3.8) is 0 Å². The van der Waals surface area contributed by atoms with Crippen LogP contribution in [-0.4, -0.2) is 42.9 Å². The monoisotopic (exact) mass is 661 g/mol. The Labute approximate surface area is 262 Å². The van der Waals surface area contributed by atoms with Crippen molar-refractivity contribution >= 4 is 74.8 Å². The molecule has 228 valence electrons. The SMILES string of the molecule is C.NC1CC1.Nc1cnc(Cl)cc1NC1CC1.O=[N+]([O-])c1cnc(Cl)cc1Cl.O=[N+]([O-])c1cnc(Cl)cc1NC1CC1. The number of nitro groups is 2. The number of halogens is 4. The van der Waals surface area contributed by atoms with Crippen LogP contribution in [0.5, 0.6) is 0 Å². The zero-order valence-corrected chi connectivity index (χ0v) is 24.5. The lowest BCUT2D eigenvalue weighted by atomic mass is 10.3. The molecular formula is C25H31Cl4N9O4. The molecule has 0 saturated heterocycles. The highest BCUT2D eigenvalue weighted by molar-refractivity contribution is 6.35. The first-order valence-corrected chi connectivity index (χ1v) is 13.9. The summed E-state index contributed by atoms with van der Waals surface area (Å²) >= 11 is 22.2. The first-order chi connectivity index (χ1) is 19.4. The van der Waals surface area contributed by atoms with Crippen molar-refractivity contribution in [2.24, 2.45) is 5.73 Å². The Morgan fingerprint density at radius 1 is 0.714 bits per heavy atom. The zero-order valence-electron chi connectivity index (χ0n) is 21.5. The standard InChI is InChI=1S/C8H8ClN3O2.C8H10ClN3.C5H2Cl2N2O2.C3H7N.CH4/c9-8-3-6(11-5-1-2-5)7(4-10-8)12(13)14;9-8-3-7(6(10)4-11-8)12-5-1-2-5;6-3-1-5(7)8-2-4(3)9(10)11;4-3-1-2-3;/h3-5H,1-2H2,(H,10,11);3-5H,1-2,10H2,(H,11,12);1-2H;3H,1-2,4H2;1H4. The Bertz CT molecular complexity index is 1370. The van der Waals surface area contributed by atoms with E-state index in [1.165, 1.54) is 44.0 Å². The molecule has 3 aliphatic rings. The van der Waals surface area contributed by atoms with Crippen molar-refractivity contribution in [3.8, 4) is 0 Å². The van der Waals surface area contributed by atoms with E-state index < -0.39 is 9.85 Å². The van der Waals surface area contributed by atoms with Gasteiger partial charge in [0.2, 0.25) is 0 Å². The first kappa shape index (κ1) is 35.0. The number of nitrogens with one attached hydrogen (secondary N) is 2. The summed E-state index contributed by atoms with van der Waals surface area (Å²) in [4.78, 5) is 30.7. The van der Waals surface area contributed by atoms with E-state index in [1.807, 2.05) is 0 Å². The normalized spacial score (nSPS) is 14.7. The molecule has 3 fully saturated rings. The fourth-order valence-electron chi connectivity index (χ4n) is 2.78. The predicted octanol–water partition coefficient (Wildman–Crippen LogP) is 7.15. The molecule has 6 N–H and O–H groups in total. The Kier molecular flexibility index (Phi) is 13.7. The summed E-state index contributed by atoms with van der Waals surface area (Å²) in [6, 6.07) is 5.99. The predicted molar refractivity (Wildman–Crippen MR) is 168 cm³/mol. The van der Waals surface area contributed by atoms with Crippen LogP contribution in [0, 0.1) is 20.2 Å². The number of anilines is 3. The van der Waals surface area contributed by atoms with Crippen LogP contribution in [0.1, 0.15) is 46.0 Å². The highest BCUT2D eigenvalue weighted by Crippen LogP contribution is 2.32. The summed E-state index contributed by atoms with van der Waals surface area (Å²) < 4.78 is 0. The fourth-order valence-corrected chi connectivity index (χ4v) is 3.53. The van der Waals surface area contributed by atoms with E-state index in [0.717, 1.165) is 24.7 Å². The second-order valence-electron chi connectivity index (χ2n) is 9.27. The van der Waals surface area contributed by atoms with Gasteiger partial charge in [0, 0.05) is 36.3 Å². The molecule has 3 aliphatic carbocycles. The Hall–Kier alpha value is -3.23. The maximum absolute atomic E-state index is 10.6. The van der Waals surface area contributed by atoms with Gasteiger partial charge in [0.15, 0.2) is 0 Å². The Morgan fingerprint density at radius 3 is 1.55 bits per heavy atom. The lowest BCUT2D eigenvalue weighted by Gasteiger charge is -2.06. The van der Waals surface area contributed by atoms with Gasteiger partial charge in [-0.25, -0.2) is 15.0 Å². The van der Waals surface area contributed by atoms with Gasteiger partial charge in [-0.1, -0.05) is 53.8 Å². The smallest absolute Gasteiger partial charge is 0.310 e. The van der Waals surface area contributed by atoms with Crippen LogP contribution in [-0.2, 0) is 0 Å². The third-order valence-corrected chi connectivity index (χ3v) is 6.36. The van der Waals surface area contributed by atoms with E-state index in [1.54, 1.807) is 12.3 Å². The summed E-state index contributed by atoms with van der Waals surface area (Å²) in [7, 11) is 0. The molecule has 0 amide bonds. The van der Waals surface area contributed by atoms with Crippen LogP contribution in [0.25, 0.3) is 0 Å². The van der Waals surface area contributed by atoms with E-state index in [0.29, 0.717) is 34.7 Å². The van der Waals surface area contributed by atoms with Crippen LogP contribution in [0.15, 0.2) is 36.8 Å². The van der Waals surface area contributed by atoms with E-state index in [2.05, 4.69) is 25.6 Å². The molecular weight excluding hydrogens is 632 g/mol. The molecule has 42 heavy (non-hydrogen) atoms. The number of hydrogen-bond donors (Lipinski definition) is 4. The van der Waals surface area contributed by atoms with Gasteiger partial charge in [0.05, 0.1) is 27.4 Å². The van der Waals surface area contributed by atoms with Crippen LogP contribution in [0.2, 0.25) is 20.5 Å².